The third kappa shape index (κ3) is 5.75. The van der Waals surface area contributed by atoms with Gasteiger partial charge in [-0.3, -0.25) is 4.90 Å². The van der Waals surface area contributed by atoms with E-state index in [2.05, 4.69) is 23.9 Å². The van der Waals surface area contributed by atoms with Gasteiger partial charge in [-0.2, -0.15) is 0 Å². The fourth-order valence-electron chi connectivity index (χ4n) is 1.96. The van der Waals surface area contributed by atoms with Crippen molar-refractivity contribution in [3.8, 4) is 0 Å². The highest BCUT2D eigenvalue weighted by molar-refractivity contribution is 6.30. The molecule has 1 aromatic rings. The van der Waals surface area contributed by atoms with Crippen molar-refractivity contribution in [2.24, 2.45) is 16.8 Å². The molecule has 4 nitrogen and oxygen atoms in total. The number of halogens is 2. The third-order valence-corrected chi connectivity index (χ3v) is 3.08. The SMILES string of the molecule is CC(C)CN(CC/C(N)=N/O)Cc1ccc(Cl)cc1F. The Morgan fingerprint density at radius 1 is 1.50 bits per heavy atom. The molecule has 0 radical (unpaired) electrons. The van der Waals surface area contributed by atoms with E-state index < -0.39 is 0 Å². The van der Waals surface area contributed by atoms with Gasteiger partial charge in [0.1, 0.15) is 11.7 Å². The van der Waals surface area contributed by atoms with Crippen LogP contribution in [0.15, 0.2) is 23.4 Å². The molecule has 0 spiro atoms. The lowest BCUT2D eigenvalue weighted by molar-refractivity contribution is 0.238. The Morgan fingerprint density at radius 3 is 2.75 bits per heavy atom. The average Bonchev–Trinajstić information content (AvgIpc) is 2.38. The number of benzene rings is 1. The van der Waals surface area contributed by atoms with Crippen molar-refractivity contribution >= 4 is 17.4 Å². The molecule has 1 rings (SSSR count). The molecule has 0 aliphatic heterocycles. The van der Waals surface area contributed by atoms with Crippen molar-refractivity contribution in [2.75, 3.05) is 13.1 Å². The van der Waals surface area contributed by atoms with Crippen molar-refractivity contribution in [3.05, 3.63) is 34.6 Å². The predicted octanol–water partition coefficient (Wildman–Crippen LogP) is 3.07. The van der Waals surface area contributed by atoms with E-state index in [1.807, 2.05) is 0 Å². The van der Waals surface area contributed by atoms with Crippen LogP contribution in [0, 0.1) is 11.7 Å². The van der Waals surface area contributed by atoms with Gasteiger partial charge in [0.15, 0.2) is 0 Å². The molecule has 1 aromatic carbocycles. The molecule has 0 aromatic heterocycles. The normalized spacial score (nSPS) is 12.4. The van der Waals surface area contributed by atoms with E-state index in [0.717, 1.165) is 6.54 Å². The minimum atomic E-state index is -0.310. The molecule has 112 valence electrons. The lowest BCUT2D eigenvalue weighted by Gasteiger charge is -2.24. The molecular weight excluding hydrogens is 281 g/mol. The maximum absolute atomic E-state index is 13.8. The molecule has 3 N–H and O–H groups in total. The molecular formula is C14H21ClFN3O. The van der Waals surface area contributed by atoms with Crippen LogP contribution in [-0.4, -0.2) is 29.0 Å². The van der Waals surface area contributed by atoms with E-state index in [9.17, 15) is 4.39 Å². The number of amidine groups is 1. The van der Waals surface area contributed by atoms with E-state index in [4.69, 9.17) is 22.5 Å². The van der Waals surface area contributed by atoms with E-state index in [0.29, 0.717) is 36.0 Å². The maximum Gasteiger partial charge on any atom is 0.140 e. The Morgan fingerprint density at radius 2 is 2.20 bits per heavy atom. The van der Waals surface area contributed by atoms with Gasteiger partial charge < -0.3 is 10.9 Å². The molecule has 0 unspecified atom stereocenters. The molecule has 0 aliphatic carbocycles. The minimum Gasteiger partial charge on any atom is -0.409 e. The third-order valence-electron chi connectivity index (χ3n) is 2.85. The molecule has 0 bridgehead atoms. The number of hydrogen-bond acceptors (Lipinski definition) is 3. The highest BCUT2D eigenvalue weighted by atomic mass is 35.5. The summed E-state index contributed by atoms with van der Waals surface area (Å²) in [6, 6.07) is 4.68. The van der Waals surface area contributed by atoms with Crippen LogP contribution < -0.4 is 5.73 Å². The highest BCUT2D eigenvalue weighted by Crippen LogP contribution is 2.17. The number of nitrogens with two attached hydrogens (primary N) is 1. The Kier molecular flexibility index (Phi) is 6.75. The Balaban J connectivity index is 2.72. The summed E-state index contributed by atoms with van der Waals surface area (Å²) in [7, 11) is 0. The van der Waals surface area contributed by atoms with Crippen LogP contribution in [0.25, 0.3) is 0 Å². The van der Waals surface area contributed by atoms with Crippen molar-refractivity contribution in [2.45, 2.75) is 26.8 Å². The van der Waals surface area contributed by atoms with Crippen LogP contribution in [0.5, 0.6) is 0 Å². The summed E-state index contributed by atoms with van der Waals surface area (Å²) in [5.74, 6) is 0.308. The zero-order valence-electron chi connectivity index (χ0n) is 11.8. The quantitative estimate of drug-likeness (QED) is 0.352. The first kappa shape index (κ1) is 16.7. The summed E-state index contributed by atoms with van der Waals surface area (Å²) in [6.45, 7) is 6.07. The van der Waals surface area contributed by atoms with E-state index in [1.165, 1.54) is 6.07 Å². The monoisotopic (exact) mass is 301 g/mol. The van der Waals surface area contributed by atoms with Gasteiger partial charge in [-0.25, -0.2) is 4.39 Å². The van der Waals surface area contributed by atoms with Gasteiger partial charge in [0.05, 0.1) is 0 Å². The number of hydrogen-bond donors (Lipinski definition) is 2. The van der Waals surface area contributed by atoms with E-state index >= 15 is 0 Å². The summed E-state index contributed by atoms with van der Waals surface area (Å²) in [5, 5.41) is 11.9. The molecule has 6 heteroatoms. The van der Waals surface area contributed by atoms with Crippen LogP contribution in [0.3, 0.4) is 0 Å². The lowest BCUT2D eigenvalue weighted by atomic mass is 10.1. The van der Waals surface area contributed by atoms with E-state index in [-0.39, 0.29) is 11.7 Å². The van der Waals surface area contributed by atoms with Gasteiger partial charge in [0, 0.05) is 36.6 Å². The van der Waals surface area contributed by atoms with Gasteiger partial charge in [-0.15, -0.1) is 0 Å². The van der Waals surface area contributed by atoms with Gasteiger partial charge in [0.25, 0.3) is 0 Å². The molecule has 0 fully saturated rings. The van der Waals surface area contributed by atoms with Crippen molar-refractivity contribution in [1.82, 2.24) is 4.90 Å². The molecule has 0 saturated carbocycles. The highest BCUT2D eigenvalue weighted by Gasteiger charge is 2.12. The standard InChI is InChI=1S/C14H21ClFN3O/c1-10(2)8-19(6-5-14(17)18-20)9-11-3-4-12(15)7-13(11)16/h3-4,7,10,20H,5-6,8-9H2,1-2H3,(H2,17,18). The number of oxime groups is 1. The predicted molar refractivity (Wildman–Crippen MR) is 79.6 cm³/mol. The summed E-state index contributed by atoms with van der Waals surface area (Å²) >= 11 is 5.75. The summed E-state index contributed by atoms with van der Waals surface area (Å²) in [4.78, 5) is 2.08. The first-order chi connectivity index (χ1) is 9.42. The summed E-state index contributed by atoms with van der Waals surface area (Å²) in [6.07, 6.45) is 0.443. The smallest absolute Gasteiger partial charge is 0.140 e. The summed E-state index contributed by atoms with van der Waals surface area (Å²) < 4.78 is 13.8. The van der Waals surface area contributed by atoms with Crippen LogP contribution in [-0.2, 0) is 6.54 Å². The zero-order valence-corrected chi connectivity index (χ0v) is 12.6. The fourth-order valence-corrected chi connectivity index (χ4v) is 2.12. The maximum atomic E-state index is 13.8. The summed E-state index contributed by atoms with van der Waals surface area (Å²) in [5.41, 5.74) is 6.07. The number of nitrogens with zero attached hydrogens (tertiary/aromatic N) is 2. The zero-order chi connectivity index (χ0) is 15.1. The molecule has 20 heavy (non-hydrogen) atoms. The topological polar surface area (TPSA) is 61.8 Å². The Labute approximate surface area is 124 Å². The lowest BCUT2D eigenvalue weighted by Crippen LogP contribution is -2.31. The van der Waals surface area contributed by atoms with Crippen molar-refractivity contribution in [3.63, 3.8) is 0 Å². The van der Waals surface area contributed by atoms with Crippen molar-refractivity contribution < 1.29 is 9.60 Å². The van der Waals surface area contributed by atoms with Crippen LogP contribution in [0.4, 0.5) is 4.39 Å². The second kappa shape index (κ2) is 8.07. The van der Waals surface area contributed by atoms with Crippen LogP contribution in [0.2, 0.25) is 5.02 Å². The first-order valence-corrected chi connectivity index (χ1v) is 6.92. The second-order valence-corrected chi connectivity index (χ2v) is 5.64. The molecule has 0 aliphatic rings. The largest absolute Gasteiger partial charge is 0.409 e. The molecule has 0 amide bonds. The van der Waals surface area contributed by atoms with Crippen molar-refractivity contribution in [1.29, 1.82) is 0 Å². The molecule has 0 atom stereocenters. The second-order valence-electron chi connectivity index (χ2n) is 5.21. The average molecular weight is 302 g/mol. The van der Waals surface area contributed by atoms with Gasteiger partial charge in [0.2, 0.25) is 0 Å². The van der Waals surface area contributed by atoms with Gasteiger partial charge in [-0.1, -0.05) is 36.7 Å². The van der Waals surface area contributed by atoms with E-state index in [1.54, 1.807) is 12.1 Å². The molecule has 0 heterocycles. The first-order valence-electron chi connectivity index (χ1n) is 6.55. The Bertz CT molecular complexity index is 466. The Hall–Kier alpha value is -1.33. The fraction of sp³-hybridized carbons (Fsp3) is 0.500. The van der Waals surface area contributed by atoms with Gasteiger partial charge >= 0.3 is 0 Å². The number of rotatable bonds is 7. The molecule has 0 saturated heterocycles. The minimum absolute atomic E-state index is 0.176. The van der Waals surface area contributed by atoms with Crippen LogP contribution >= 0.6 is 11.6 Å². The van der Waals surface area contributed by atoms with Gasteiger partial charge in [-0.05, 0) is 18.1 Å². The van der Waals surface area contributed by atoms with Crippen LogP contribution in [0.1, 0.15) is 25.8 Å².